The predicted molar refractivity (Wildman–Crippen MR) is 95.7 cm³/mol. The number of hydrogen-bond acceptors (Lipinski definition) is 6. The summed E-state index contributed by atoms with van der Waals surface area (Å²) >= 11 is 1.35. The molecule has 3 rings (SSSR count). The van der Waals surface area contributed by atoms with Gasteiger partial charge in [0.1, 0.15) is 4.88 Å². The maximum absolute atomic E-state index is 11.8. The Labute approximate surface area is 144 Å². The molecule has 0 aliphatic carbocycles. The zero-order valence-electron chi connectivity index (χ0n) is 13.8. The molecule has 2 heterocycles. The first kappa shape index (κ1) is 16.4. The summed E-state index contributed by atoms with van der Waals surface area (Å²) in [6.07, 6.45) is 3.80. The highest BCUT2D eigenvalue weighted by Gasteiger charge is 2.16. The first-order valence-electron chi connectivity index (χ1n) is 7.98. The molecule has 3 aromatic rings. The molecule has 0 amide bonds. The number of aryl methyl sites for hydroxylation is 2. The number of ether oxygens (including phenoxy) is 1. The number of aromatic amines is 1. The van der Waals surface area contributed by atoms with Crippen molar-refractivity contribution >= 4 is 33.3 Å². The fraction of sp³-hybridized carbons (Fsp3) is 0.353. The van der Waals surface area contributed by atoms with Gasteiger partial charge in [0.15, 0.2) is 5.13 Å². The van der Waals surface area contributed by atoms with E-state index in [4.69, 9.17) is 4.74 Å². The summed E-state index contributed by atoms with van der Waals surface area (Å²) in [6.45, 7) is 4.80. The number of nitrogens with one attached hydrogen (secondary N) is 2. The normalized spacial score (nSPS) is 10.9. The zero-order chi connectivity index (χ0) is 16.9. The summed E-state index contributed by atoms with van der Waals surface area (Å²) in [7, 11) is 0. The minimum atomic E-state index is -0.299. The van der Waals surface area contributed by atoms with E-state index in [-0.39, 0.29) is 5.97 Å². The van der Waals surface area contributed by atoms with Crippen LogP contribution in [0.5, 0.6) is 0 Å². The first-order valence-corrected chi connectivity index (χ1v) is 8.80. The molecule has 2 N–H and O–H groups in total. The monoisotopic (exact) mass is 344 g/mol. The van der Waals surface area contributed by atoms with Gasteiger partial charge >= 0.3 is 5.97 Å². The third-order valence-electron chi connectivity index (χ3n) is 3.73. The number of H-pyrrole nitrogens is 1. The van der Waals surface area contributed by atoms with E-state index in [0.29, 0.717) is 17.2 Å². The lowest BCUT2D eigenvalue weighted by atomic mass is 10.1. The van der Waals surface area contributed by atoms with Gasteiger partial charge in [0.2, 0.25) is 0 Å². The minimum Gasteiger partial charge on any atom is -0.462 e. The lowest BCUT2D eigenvalue weighted by molar-refractivity contribution is 0.0531. The van der Waals surface area contributed by atoms with Crippen molar-refractivity contribution in [1.82, 2.24) is 15.2 Å². The molecular formula is C17H20N4O2S. The van der Waals surface area contributed by atoms with Gasteiger partial charge in [0.05, 0.1) is 24.0 Å². The van der Waals surface area contributed by atoms with Gasteiger partial charge in [-0.3, -0.25) is 5.10 Å². The highest BCUT2D eigenvalue weighted by Crippen LogP contribution is 2.23. The molecule has 0 saturated carbocycles. The number of anilines is 1. The molecule has 0 aliphatic heterocycles. The number of carbonyl (C=O) groups excluding carboxylic acids is 1. The molecule has 0 atom stereocenters. The van der Waals surface area contributed by atoms with E-state index in [0.717, 1.165) is 30.0 Å². The molecule has 0 fully saturated rings. The van der Waals surface area contributed by atoms with E-state index in [1.54, 1.807) is 6.92 Å². The van der Waals surface area contributed by atoms with Gasteiger partial charge in [-0.1, -0.05) is 23.5 Å². The Hall–Kier alpha value is -2.41. The minimum absolute atomic E-state index is 0.299. The van der Waals surface area contributed by atoms with Crippen molar-refractivity contribution in [2.45, 2.75) is 26.7 Å². The second-order valence-electron chi connectivity index (χ2n) is 5.43. The average Bonchev–Trinajstić information content (AvgIpc) is 3.18. The Morgan fingerprint density at radius 2 is 2.29 bits per heavy atom. The average molecular weight is 344 g/mol. The number of nitrogens with zero attached hydrogens (tertiary/aromatic N) is 2. The van der Waals surface area contributed by atoms with Crippen LogP contribution in [0, 0.1) is 6.92 Å². The molecule has 0 unspecified atom stereocenters. The number of carbonyl (C=O) groups is 1. The summed E-state index contributed by atoms with van der Waals surface area (Å²) < 4.78 is 5.03. The number of hydrogen-bond donors (Lipinski definition) is 2. The van der Waals surface area contributed by atoms with Crippen LogP contribution >= 0.6 is 11.3 Å². The second-order valence-corrected chi connectivity index (χ2v) is 6.43. The molecule has 24 heavy (non-hydrogen) atoms. The van der Waals surface area contributed by atoms with Crippen LogP contribution in [-0.2, 0) is 11.2 Å². The van der Waals surface area contributed by atoms with Crippen LogP contribution in [0.3, 0.4) is 0 Å². The van der Waals surface area contributed by atoms with Crippen LogP contribution < -0.4 is 5.32 Å². The van der Waals surface area contributed by atoms with Crippen molar-refractivity contribution in [2.75, 3.05) is 18.5 Å². The molecule has 1 aromatic carbocycles. The Morgan fingerprint density at radius 3 is 3.12 bits per heavy atom. The summed E-state index contributed by atoms with van der Waals surface area (Å²) in [5, 5.41) is 12.3. The second kappa shape index (κ2) is 7.44. The van der Waals surface area contributed by atoms with E-state index >= 15 is 0 Å². The van der Waals surface area contributed by atoms with Gasteiger partial charge in [-0.25, -0.2) is 9.78 Å². The van der Waals surface area contributed by atoms with Gasteiger partial charge in [-0.05, 0) is 38.3 Å². The Balaban J connectivity index is 1.54. The van der Waals surface area contributed by atoms with E-state index < -0.39 is 0 Å². The largest absolute Gasteiger partial charge is 0.462 e. The van der Waals surface area contributed by atoms with Crippen molar-refractivity contribution in [2.24, 2.45) is 0 Å². The zero-order valence-corrected chi connectivity index (χ0v) is 14.6. The number of thiazole rings is 1. The Kier molecular flexibility index (Phi) is 5.10. The molecule has 0 aliphatic rings. The molecule has 0 saturated heterocycles. The maximum atomic E-state index is 11.8. The smallest absolute Gasteiger partial charge is 0.350 e. The first-order chi connectivity index (χ1) is 11.7. The van der Waals surface area contributed by atoms with Gasteiger partial charge < -0.3 is 10.1 Å². The maximum Gasteiger partial charge on any atom is 0.350 e. The van der Waals surface area contributed by atoms with Crippen LogP contribution in [0.2, 0.25) is 0 Å². The molecule has 126 valence electrons. The van der Waals surface area contributed by atoms with Crippen LogP contribution in [0.1, 0.15) is 34.3 Å². The Bertz CT molecular complexity index is 840. The van der Waals surface area contributed by atoms with Crippen LogP contribution in [0.4, 0.5) is 5.13 Å². The van der Waals surface area contributed by atoms with Crippen molar-refractivity contribution in [3.8, 4) is 0 Å². The van der Waals surface area contributed by atoms with Gasteiger partial charge in [-0.15, -0.1) is 0 Å². The lowest BCUT2D eigenvalue weighted by Gasteiger charge is -2.04. The standard InChI is InChI=1S/C17H20N4O2S/c1-3-23-16(22)15-11(2)20-17(24-15)18-9-5-7-12-6-4-8-14-13(12)10-19-21-14/h4,6,8,10H,3,5,7,9H2,1-2H3,(H,18,20)(H,19,21). The SMILES string of the molecule is CCOC(=O)c1sc(NCCCc2cccc3[nH]ncc23)nc1C. The summed E-state index contributed by atoms with van der Waals surface area (Å²) in [4.78, 5) is 16.8. The van der Waals surface area contributed by atoms with E-state index in [1.807, 2.05) is 25.3 Å². The Morgan fingerprint density at radius 1 is 1.42 bits per heavy atom. The van der Waals surface area contributed by atoms with Gasteiger partial charge in [0, 0.05) is 11.9 Å². The van der Waals surface area contributed by atoms with E-state index in [1.165, 1.54) is 22.3 Å². The predicted octanol–water partition coefficient (Wildman–Crippen LogP) is 3.55. The molecule has 0 radical (unpaired) electrons. The van der Waals surface area contributed by atoms with Gasteiger partial charge in [0.25, 0.3) is 0 Å². The van der Waals surface area contributed by atoms with Crippen LogP contribution in [0.15, 0.2) is 24.4 Å². The van der Waals surface area contributed by atoms with E-state index in [2.05, 4.69) is 26.6 Å². The summed E-state index contributed by atoms with van der Waals surface area (Å²) in [5.74, 6) is -0.299. The van der Waals surface area contributed by atoms with Crippen molar-refractivity contribution < 1.29 is 9.53 Å². The van der Waals surface area contributed by atoms with Crippen LogP contribution in [-0.4, -0.2) is 34.3 Å². The third-order valence-corrected chi connectivity index (χ3v) is 4.83. The van der Waals surface area contributed by atoms with Crippen molar-refractivity contribution in [3.63, 3.8) is 0 Å². The lowest BCUT2D eigenvalue weighted by Crippen LogP contribution is -2.03. The number of benzene rings is 1. The van der Waals surface area contributed by atoms with Crippen LogP contribution in [0.25, 0.3) is 10.9 Å². The fourth-order valence-corrected chi connectivity index (χ4v) is 3.47. The highest BCUT2D eigenvalue weighted by molar-refractivity contribution is 7.17. The molecule has 2 aromatic heterocycles. The molecule has 0 spiro atoms. The molecular weight excluding hydrogens is 324 g/mol. The number of aromatic nitrogens is 3. The molecule has 7 heteroatoms. The summed E-state index contributed by atoms with van der Waals surface area (Å²) in [6, 6.07) is 6.20. The number of fused-ring (bicyclic) bond motifs is 1. The third kappa shape index (κ3) is 3.56. The topological polar surface area (TPSA) is 79.9 Å². The van der Waals surface area contributed by atoms with Gasteiger partial charge in [-0.2, -0.15) is 5.10 Å². The van der Waals surface area contributed by atoms with Crippen molar-refractivity contribution in [1.29, 1.82) is 0 Å². The van der Waals surface area contributed by atoms with Crippen molar-refractivity contribution in [3.05, 3.63) is 40.5 Å². The number of rotatable bonds is 7. The molecule has 6 nitrogen and oxygen atoms in total. The summed E-state index contributed by atoms with van der Waals surface area (Å²) in [5.41, 5.74) is 3.06. The quantitative estimate of drug-likeness (QED) is 0.506. The molecule has 0 bridgehead atoms. The number of esters is 1. The van der Waals surface area contributed by atoms with E-state index in [9.17, 15) is 4.79 Å². The fourth-order valence-electron chi connectivity index (χ4n) is 2.58. The highest BCUT2D eigenvalue weighted by atomic mass is 32.1.